The highest BCUT2D eigenvalue weighted by atomic mass is 16.5. The highest BCUT2D eigenvalue weighted by Crippen LogP contribution is 2.20. The molecule has 1 atom stereocenters. The topological polar surface area (TPSA) is 55.4 Å². The molecule has 0 aliphatic carbocycles. The monoisotopic (exact) mass is 283 g/mol. The Morgan fingerprint density at radius 2 is 1.62 bits per heavy atom. The molecule has 2 rings (SSSR count). The summed E-state index contributed by atoms with van der Waals surface area (Å²) >= 11 is 0. The van der Waals surface area contributed by atoms with Crippen LogP contribution in [0, 0.1) is 6.92 Å². The van der Waals surface area contributed by atoms with E-state index in [0.717, 1.165) is 5.56 Å². The predicted octanol–water partition coefficient (Wildman–Crippen LogP) is 3.24. The molecule has 0 radical (unpaired) electrons. The summed E-state index contributed by atoms with van der Waals surface area (Å²) in [5.74, 6) is -0.872. The zero-order valence-corrected chi connectivity index (χ0v) is 12.0. The van der Waals surface area contributed by atoms with Crippen LogP contribution in [0.2, 0.25) is 0 Å². The minimum atomic E-state index is -0.954. The van der Waals surface area contributed by atoms with Gasteiger partial charge in [-0.3, -0.25) is 9.59 Å². The Hall–Kier alpha value is -2.62. The van der Waals surface area contributed by atoms with Crippen LogP contribution in [-0.2, 0) is 14.3 Å². The summed E-state index contributed by atoms with van der Waals surface area (Å²) in [6.07, 6.45) is -0.954. The molecule has 108 valence electrons. The molecule has 21 heavy (non-hydrogen) atoms. The molecule has 0 saturated carbocycles. The van der Waals surface area contributed by atoms with Gasteiger partial charge in [0.2, 0.25) is 6.10 Å². The number of esters is 1. The van der Waals surface area contributed by atoms with Gasteiger partial charge in [0.15, 0.2) is 0 Å². The molecule has 0 unspecified atom stereocenters. The molecule has 1 amide bonds. The van der Waals surface area contributed by atoms with Crippen molar-refractivity contribution in [3.05, 3.63) is 65.7 Å². The Morgan fingerprint density at radius 3 is 2.19 bits per heavy atom. The maximum absolute atomic E-state index is 12.3. The summed E-state index contributed by atoms with van der Waals surface area (Å²) in [5.41, 5.74) is 2.41. The normalized spacial score (nSPS) is 11.5. The maximum atomic E-state index is 12.3. The first-order chi connectivity index (χ1) is 10.1. The van der Waals surface area contributed by atoms with Gasteiger partial charge in [0, 0.05) is 18.2 Å². The van der Waals surface area contributed by atoms with Crippen molar-refractivity contribution in [2.45, 2.75) is 20.0 Å². The number of carbonyl (C=O) groups excluding carboxylic acids is 2. The number of aryl methyl sites for hydroxylation is 1. The van der Waals surface area contributed by atoms with Crippen LogP contribution in [0.3, 0.4) is 0 Å². The van der Waals surface area contributed by atoms with Gasteiger partial charge in [-0.1, -0.05) is 48.0 Å². The van der Waals surface area contributed by atoms with Crippen molar-refractivity contribution in [1.82, 2.24) is 0 Å². The molecule has 0 aliphatic rings. The van der Waals surface area contributed by atoms with Crippen LogP contribution in [0.4, 0.5) is 5.69 Å². The number of amides is 1. The lowest BCUT2D eigenvalue weighted by molar-refractivity contribution is -0.152. The molecule has 0 spiro atoms. The molecule has 0 aromatic heterocycles. The summed E-state index contributed by atoms with van der Waals surface area (Å²) in [7, 11) is 0. The fourth-order valence-corrected chi connectivity index (χ4v) is 1.91. The van der Waals surface area contributed by atoms with Crippen LogP contribution in [0.15, 0.2) is 54.6 Å². The summed E-state index contributed by atoms with van der Waals surface area (Å²) < 4.78 is 5.14. The molecular weight excluding hydrogens is 266 g/mol. The standard InChI is InChI=1S/C17H17NO3/c1-12-8-10-15(11-9-12)18-17(20)16(21-13(2)19)14-6-4-3-5-7-14/h3-11,16H,1-2H3,(H,18,20)/t16-/m0/s1. The van der Waals surface area contributed by atoms with Gasteiger partial charge in [0.1, 0.15) is 0 Å². The average molecular weight is 283 g/mol. The van der Waals surface area contributed by atoms with Gasteiger partial charge in [0.05, 0.1) is 0 Å². The molecule has 2 aromatic carbocycles. The van der Waals surface area contributed by atoms with Crippen molar-refractivity contribution in [3.8, 4) is 0 Å². The SMILES string of the molecule is CC(=O)O[C@H](C(=O)Nc1ccc(C)cc1)c1ccccc1. The van der Waals surface area contributed by atoms with Crippen molar-refractivity contribution in [2.24, 2.45) is 0 Å². The van der Waals surface area contributed by atoms with Gasteiger partial charge < -0.3 is 10.1 Å². The Morgan fingerprint density at radius 1 is 1.00 bits per heavy atom. The van der Waals surface area contributed by atoms with E-state index in [4.69, 9.17) is 4.74 Å². The number of carbonyl (C=O) groups is 2. The Labute approximate surface area is 123 Å². The minimum absolute atomic E-state index is 0.375. The third-order valence-corrected chi connectivity index (χ3v) is 2.94. The van der Waals surface area contributed by atoms with Crippen LogP contribution >= 0.6 is 0 Å². The van der Waals surface area contributed by atoms with Crippen LogP contribution in [0.1, 0.15) is 24.2 Å². The van der Waals surface area contributed by atoms with Gasteiger partial charge in [0.25, 0.3) is 5.91 Å². The fourth-order valence-electron chi connectivity index (χ4n) is 1.91. The number of ether oxygens (including phenoxy) is 1. The van der Waals surface area contributed by atoms with E-state index in [1.807, 2.05) is 37.3 Å². The van der Waals surface area contributed by atoms with Gasteiger partial charge in [-0.05, 0) is 19.1 Å². The van der Waals surface area contributed by atoms with Crippen molar-refractivity contribution >= 4 is 17.6 Å². The minimum Gasteiger partial charge on any atom is -0.447 e. The quantitative estimate of drug-likeness (QED) is 0.876. The zero-order chi connectivity index (χ0) is 15.2. The van der Waals surface area contributed by atoms with Gasteiger partial charge in [-0.25, -0.2) is 0 Å². The lowest BCUT2D eigenvalue weighted by Gasteiger charge is -2.17. The Bertz CT molecular complexity index is 620. The van der Waals surface area contributed by atoms with E-state index in [2.05, 4.69) is 5.32 Å². The van der Waals surface area contributed by atoms with Gasteiger partial charge in [-0.15, -0.1) is 0 Å². The van der Waals surface area contributed by atoms with Crippen LogP contribution in [0.5, 0.6) is 0 Å². The molecule has 0 heterocycles. The molecule has 0 bridgehead atoms. The van der Waals surface area contributed by atoms with Crippen molar-refractivity contribution in [1.29, 1.82) is 0 Å². The number of rotatable bonds is 4. The number of hydrogen-bond acceptors (Lipinski definition) is 3. The number of anilines is 1. The smallest absolute Gasteiger partial charge is 0.303 e. The lowest BCUT2D eigenvalue weighted by Crippen LogP contribution is -2.25. The molecule has 0 saturated heterocycles. The van der Waals surface area contributed by atoms with Crippen LogP contribution in [0.25, 0.3) is 0 Å². The highest BCUT2D eigenvalue weighted by Gasteiger charge is 2.23. The van der Waals surface area contributed by atoms with E-state index in [1.54, 1.807) is 24.3 Å². The molecule has 4 heteroatoms. The second-order valence-corrected chi connectivity index (χ2v) is 4.76. The summed E-state index contributed by atoms with van der Waals surface area (Å²) in [5, 5.41) is 2.76. The molecule has 1 N–H and O–H groups in total. The Kier molecular flexibility index (Phi) is 4.72. The van der Waals surface area contributed by atoms with E-state index in [9.17, 15) is 9.59 Å². The second kappa shape index (κ2) is 6.70. The van der Waals surface area contributed by atoms with Gasteiger partial charge in [-0.2, -0.15) is 0 Å². The van der Waals surface area contributed by atoms with Crippen molar-refractivity contribution < 1.29 is 14.3 Å². The highest BCUT2D eigenvalue weighted by molar-refractivity contribution is 5.95. The molecule has 0 fully saturated rings. The average Bonchev–Trinajstić information content (AvgIpc) is 2.48. The van der Waals surface area contributed by atoms with E-state index in [1.165, 1.54) is 6.92 Å². The van der Waals surface area contributed by atoms with E-state index in [-0.39, 0.29) is 5.91 Å². The Balaban J connectivity index is 2.18. The van der Waals surface area contributed by atoms with Crippen LogP contribution < -0.4 is 5.32 Å². The number of hydrogen-bond donors (Lipinski definition) is 1. The second-order valence-electron chi connectivity index (χ2n) is 4.76. The largest absolute Gasteiger partial charge is 0.447 e. The van der Waals surface area contributed by atoms with E-state index in [0.29, 0.717) is 11.3 Å². The fraction of sp³-hybridized carbons (Fsp3) is 0.176. The maximum Gasteiger partial charge on any atom is 0.303 e. The first-order valence-corrected chi connectivity index (χ1v) is 6.66. The molecule has 4 nitrogen and oxygen atoms in total. The lowest BCUT2D eigenvalue weighted by atomic mass is 10.1. The third kappa shape index (κ3) is 4.18. The summed E-state index contributed by atoms with van der Waals surface area (Å²) in [4.78, 5) is 23.6. The first kappa shape index (κ1) is 14.8. The molecule has 0 aliphatic heterocycles. The third-order valence-electron chi connectivity index (χ3n) is 2.94. The molecule has 2 aromatic rings. The van der Waals surface area contributed by atoms with Crippen LogP contribution in [-0.4, -0.2) is 11.9 Å². The number of benzene rings is 2. The first-order valence-electron chi connectivity index (χ1n) is 6.66. The summed E-state index contributed by atoms with van der Waals surface area (Å²) in [6, 6.07) is 16.4. The zero-order valence-electron chi connectivity index (χ0n) is 12.0. The van der Waals surface area contributed by atoms with Crippen molar-refractivity contribution in [2.75, 3.05) is 5.32 Å². The van der Waals surface area contributed by atoms with E-state index < -0.39 is 12.1 Å². The van der Waals surface area contributed by atoms with Gasteiger partial charge >= 0.3 is 5.97 Å². The predicted molar refractivity (Wildman–Crippen MR) is 80.8 cm³/mol. The van der Waals surface area contributed by atoms with E-state index >= 15 is 0 Å². The summed E-state index contributed by atoms with van der Waals surface area (Å²) in [6.45, 7) is 3.26. The number of nitrogens with one attached hydrogen (secondary N) is 1. The molecular formula is C17H17NO3. The van der Waals surface area contributed by atoms with Crippen molar-refractivity contribution in [3.63, 3.8) is 0 Å².